The highest BCUT2D eigenvalue weighted by Crippen LogP contribution is 2.18. The van der Waals surface area contributed by atoms with Crippen molar-refractivity contribution in [1.29, 1.82) is 0 Å². The maximum atomic E-state index is 2.40. The summed E-state index contributed by atoms with van der Waals surface area (Å²) in [4.78, 5) is 2.24. The molecule has 0 aromatic rings. The Labute approximate surface area is 69.8 Å². The van der Waals surface area contributed by atoms with E-state index in [9.17, 15) is 0 Å². The first kappa shape index (κ1) is 10.5. The molecule has 0 heterocycles. The van der Waals surface area contributed by atoms with Gasteiger partial charge in [0.1, 0.15) is 7.22 Å². The van der Waals surface area contributed by atoms with Gasteiger partial charge >= 0.3 is 0 Å². The molecule has 0 aliphatic carbocycles. The second-order valence-electron chi connectivity index (χ2n) is 3.76. The Morgan fingerprint density at radius 3 is 2.00 bits per heavy atom. The summed E-state index contributed by atoms with van der Waals surface area (Å²) >= 11 is 2.16. The Morgan fingerprint density at radius 1 is 1.20 bits per heavy atom. The average molecular weight is 177 g/mol. The molecule has 0 N–H and O–H groups in total. The molecule has 0 saturated carbocycles. The largest absolute Gasteiger partial charge is 0.309 e. The minimum Gasteiger partial charge on any atom is -0.309 e. The lowest BCUT2D eigenvalue weighted by atomic mass is 10.7. The molecule has 0 amide bonds. The predicted octanol–water partition coefficient (Wildman–Crippen LogP) is 2.12. The van der Waals surface area contributed by atoms with E-state index in [-0.39, 0.29) is 0 Å². The summed E-state index contributed by atoms with van der Waals surface area (Å²) in [6, 6.07) is 0. The average Bonchev–Trinajstić information content (AvgIpc) is 1.59. The molecule has 0 radical (unpaired) electrons. The summed E-state index contributed by atoms with van der Waals surface area (Å²) in [6.07, 6.45) is 0. The molecule has 0 aliphatic heterocycles. The van der Waals surface area contributed by atoms with E-state index in [1.54, 1.807) is 0 Å². The molecule has 0 unspecified atom stereocenters. The molecular formula is C7H19NSSi. The van der Waals surface area contributed by atoms with Crippen LogP contribution in [0, 0.1) is 0 Å². The van der Waals surface area contributed by atoms with Crippen molar-refractivity contribution in [1.82, 2.24) is 4.90 Å². The van der Waals surface area contributed by atoms with E-state index >= 15 is 0 Å². The Hall–Kier alpha value is 0.527. The van der Waals surface area contributed by atoms with Crippen LogP contribution in [0.2, 0.25) is 19.6 Å². The van der Waals surface area contributed by atoms with Crippen LogP contribution in [0.3, 0.4) is 0 Å². The lowest BCUT2D eigenvalue weighted by molar-refractivity contribution is 0.438. The molecule has 0 aromatic heterocycles. The summed E-state index contributed by atoms with van der Waals surface area (Å²) in [5.41, 5.74) is 0. The van der Waals surface area contributed by atoms with E-state index in [4.69, 9.17) is 0 Å². The normalized spacial score (nSPS) is 12.6. The van der Waals surface area contributed by atoms with Crippen molar-refractivity contribution in [2.45, 2.75) is 19.6 Å². The predicted molar refractivity (Wildman–Crippen MR) is 54.4 cm³/mol. The Balaban J connectivity index is 3.21. The van der Waals surface area contributed by atoms with Crippen LogP contribution < -0.4 is 0 Å². The molecule has 3 heteroatoms. The van der Waals surface area contributed by atoms with Gasteiger partial charge in [0.05, 0.1) is 0 Å². The van der Waals surface area contributed by atoms with Gasteiger partial charge in [-0.1, -0.05) is 19.6 Å². The van der Waals surface area contributed by atoms with Gasteiger partial charge < -0.3 is 4.90 Å². The van der Waals surface area contributed by atoms with E-state index in [0.717, 1.165) is 0 Å². The Morgan fingerprint density at radius 2 is 1.70 bits per heavy atom. The van der Waals surface area contributed by atoms with Gasteiger partial charge in [-0.3, -0.25) is 0 Å². The lowest BCUT2D eigenvalue weighted by Crippen LogP contribution is -2.21. The standard InChI is InChI=1S/C7H19NSSi/c1-8(2)6-7-9-10(3,4)5/h6-7H2,1-5H3. The summed E-state index contributed by atoms with van der Waals surface area (Å²) in [5, 5.41) is 0. The molecule has 0 atom stereocenters. The van der Waals surface area contributed by atoms with Crippen LogP contribution in [0.25, 0.3) is 0 Å². The highest BCUT2D eigenvalue weighted by atomic mass is 32.4. The van der Waals surface area contributed by atoms with E-state index in [1.807, 2.05) is 0 Å². The van der Waals surface area contributed by atoms with Gasteiger partial charge in [-0.15, -0.1) is 0 Å². The zero-order valence-electron chi connectivity index (χ0n) is 7.77. The first-order chi connectivity index (χ1) is 4.42. The summed E-state index contributed by atoms with van der Waals surface area (Å²) in [5.74, 6) is 1.29. The van der Waals surface area contributed by atoms with Crippen molar-refractivity contribution in [2.24, 2.45) is 0 Å². The molecule has 0 aliphatic rings. The number of hydrogen-bond donors (Lipinski definition) is 0. The SMILES string of the molecule is CN(C)CCS[Si](C)(C)C. The minimum absolute atomic E-state index is 0.834. The molecule has 0 aromatic carbocycles. The molecule has 0 rings (SSSR count). The van der Waals surface area contributed by atoms with Gasteiger partial charge in [-0.25, -0.2) is 0 Å². The molecule has 1 nitrogen and oxygen atoms in total. The molecule has 0 fully saturated rings. The van der Waals surface area contributed by atoms with Crippen LogP contribution in [0.4, 0.5) is 0 Å². The number of hydrogen-bond acceptors (Lipinski definition) is 2. The van der Waals surface area contributed by atoms with Gasteiger partial charge in [0.25, 0.3) is 0 Å². The van der Waals surface area contributed by atoms with E-state index in [0.29, 0.717) is 0 Å². The molecule has 10 heavy (non-hydrogen) atoms. The van der Waals surface area contributed by atoms with Crippen LogP contribution in [-0.2, 0) is 0 Å². The third-order valence-corrected chi connectivity index (χ3v) is 5.54. The van der Waals surface area contributed by atoms with Crippen LogP contribution >= 0.6 is 11.2 Å². The number of nitrogens with zero attached hydrogens (tertiary/aromatic N) is 1. The van der Waals surface area contributed by atoms with Gasteiger partial charge in [0.15, 0.2) is 0 Å². The lowest BCUT2D eigenvalue weighted by Gasteiger charge is -2.16. The van der Waals surface area contributed by atoms with Gasteiger partial charge in [-0.05, 0) is 14.1 Å². The highest BCUT2D eigenvalue weighted by molar-refractivity contribution is 8.28. The molecule has 0 bridgehead atoms. The minimum atomic E-state index is -0.834. The fourth-order valence-corrected chi connectivity index (χ4v) is 3.71. The third kappa shape index (κ3) is 8.53. The van der Waals surface area contributed by atoms with Gasteiger partial charge in [0.2, 0.25) is 0 Å². The van der Waals surface area contributed by atoms with E-state index in [1.165, 1.54) is 12.3 Å². The van der Waals surface area contributed by atoms with Crippen molar-refractivity contribution in [3.8, 4) is 0 Å². The van der Waals surface area contributed by atoms with Crippen molar-refractivity contribution in [2.75, 3.05) is 26.4 Å². The zero-order valence-corrected chi connectivity index (χ0v) is 9.59. The molecule has 0 saturated heterocycles. The van der Waals surface area contributed by atoms with E-state index < -0.39 is 7.22 Å². The zero-order chi connectivity index (χ0) is 8.20. The summed E-state index contributed by atoms with van der Waals surface area (Å²) in [6.45, 7) is 8.41. The van der Waals surface area contributed by atoms with Gasteiger partial charge in [-0.2, -0.15) is 11.2 Å². The molecule has 0 spiro atoms. The van der Waals surface area contributed by atoms with Crippen LogP contribution in [0.5, 0.6) is 0 Å². The maximum Gasteiger partial charge on any atom is 0.108 e. The van der Waals surface area contributed by atoms with Crippen LogP contribution in [0.1, 0.15) is 0 Å². The summed E-state index contributed by atoms with van der Waals surface area (Å²) in [7, 11) is 3.43. The van der Waals surface area contributed by atoms with Crippen molar-refractivity contribution < 1.29 is 0 Å². The van der Waals surface area contributed by atoms with Crippen LogP contribution in [-0.4, -0.2) is 38.5 Å². The maximum absolute atomic E-state index is 2.40. The smallest absolute Gasteiger partial charge is 0.108 e. The van der Waals surface area contributed by atoms with Crippen molar-refractivity contribution in [3.05, 3.63) is 0 Å². The first-order valence-corrected chi connectivity index (χ1v) is 8.91. The summed E-state index contributed by atoms with van der Waals surface area (Å²) < 4.78 is 0. The second kappa shape index (κ2) is 4.41. The van der Waals surface area contributed by atoms with Crippen molar-refractivity contribution >= 4 is 18.4 Å². The Bertz CT molecular complexity index is 88.1. The highest BCUT2D eigenvalue weighted by Gasteiger charge is 2.12. The topological polar surface area (TPSA) is 3.24 Å². The fourth-order valence-electron chi connectivity index (χ4n) is 0.534. The first-order valence-electron chi connectivity index (χ1n) is 3.70. The monoisotopic (exact) mass is 177 g/mol. The number of rotatable bonds is 4. The van der Waals surface area contributed by atoms with E-state index in [2.05, 4.69) is 49.8 Å². The van der Waals surface area contributed by atoms with Crippen molar-refractivity contribution in [3.63, 3.8) is 0 Å². The molecular weight excluding hydrogens is 158 g/mol. The molecule has 62 valence electrons. The second-order valence-corrected chi connectivity index (χ2v) is 13.2. The third-order valence-electron chi connectivity index (χ3n) is 1.07. The van der Waals surface area contributed by atoms with Crippen LogP contribution in [0.15, 0.2) is 0 Å². The Kier molecular flexibility index (Phi) is 4.65. The fraction of sp³-hybridized carbons (Fsp3) is 1.00. The quantitative estimate of drug-likeness (QED) is 0.605. The van der Waals surface area contributed by atoms with Gasteiger partial charge in [0, 0.05) is 12.3 Å².